The molecule has 0 aliphatic carbocycles. The molecule has 1 heterocycles. The normalized spacial score (nSPS) is 18.0. The third-order valence-corrected chi connectivity index (χ3v) is 4.08. The number of amides is 1. The van der Waals surface area contributed by atoms with Crippen molar-refractivity contribution >= 4 is 34.4 Å². The third kappa shape index (κ3) is 3.24. The van der Waals surface area contributed by atoms with Gasteiger partial charge in [-0.1, -0.05) is 17.8 Å². The number of esters is 1. The van der Waals surface area contributed by atoms with Crippen LogP contribution in [0, 0.1) is 5.82 Å². The van der Waals surface area contributed by atoms with E-state index in [1.54, 1.807) is 0 Å². The molecule has 0 saturated carbocycles. The van der Waals surface area contributed by atoms with Gasteiger partial charge in [0.05, 0.1) is 18.4 Å². The molecule has 1 aliphatic rings. The maximum Gasteiger partial charge on any atom is 0.340 e. The van der Waals surface area contributed by atoms with Crippen LogP contribution < -0.4 is 4.90 Å². The van der Waals surface area contributed by atoms with Crippen LogP contribution in [0.2, 0.25) is 0 Å². The van der Waals surface area contributed by atoms with Crippen LogP contribution in [0.25, 0.3) is 0 Å². The van der Waals surface area contributed by atoms with Crippen molar-refractivity contribution in [2.24, 2.45) is 0 Å². The third-order valence-electron chi connectivity index (χ3n) is 3.10. The number of rotatable bonds is 3. The van der Waals surface area contributed by atoms with Crippen molar-refractivity contribution in [3.05, 3.63) is 29.6 Å². The minimum Gasteiger partial charge on any atom is -0.465 e. The summed E-state index contributed by atoms with van der Waals surface area (Å²) in [5, 5.41) is -0.283. The van der Waals surface area contributed by atoms with Gasteiger partial charge in [0.1, 0.15) is 0 Å². The Morgan fingerprint density at radius 2 is 2.14 bits per heavy atom. The van der Waals surface area contributed by atoms with E-state index in [-0.39, 0.29) is 40.5 Å². The smallest absolute Gasteiger partial charge is 0.340 e. The Bertz CT molecular complexity index is 605. The lowest BCUT2D eigenvalue weighted by atomic mass is 10.1. The quantitative estimate of drug-likeness (QED) is 0.799. The molecule has 1 fully saturated rings. The Balaban J connectivity index is 2.28. The zero-order valence-corrected chi connectivity index (χ0v) is 12.4. The van der Waals surface area contributed by atoms with E-state index in [1.807, 2.05) is 0 Å². The average molecular weight is 311 g/mol. The number of carbonyl (C=O) groups is 3. The summed E-state index contributed by atoms with van der Waals surface area (Å²) in [6.45, 7) is 1.67. The first-order valence-electron chi connectivity index (χ1n) is 6.28. The molecule has 1 amide bonds. The molecule has 1 aromatic rings. The van der Waals surface area contributed by atoms with Gasteiger partial charge in [0, 0.05) is 25.1 Å². The number of ether oxygens (including phenoxy) is 1. The Morgan fingerprint density at radius 1 is 1.43 bits per heavy atom. The summed E-state index contributed by atoms with van der Waals surface area (Å²) in [6.07, 6.45) is 0.173. The highest BCUT2D eigenvalue weighted by atomic mass is 32.2. The number of hydrogen-bond acceptors (Lipinski definition) is 5. The van der Waals surface area contributed by atoms with Gasteiger partial charge in [-0.15, -0.1) is 0 Å². The van der Waals surface area contributed by atoms with Crippen LogP contribution in [0.3, 0.4) is 0 Å². The molecule has 1 aliphatic heterocycles. The van der Waals surface area contributed by atoms with Gasteiger partial charge >= 0.3 is 5.97 Å². The zero-order valence-electron chi connectivity index (χ0n) is 11.6. The van der Waals surface area contributed by atoms with E-state index in [1.165, 1.54) is 30.0 Å². The van der Waals surface area contributed by atoms with Gasteiger partial charge in [-0.05, 0) is 12.1 Å². The summed E-state index contributed by atoms with van der Waals surface area (Å²) in [6, 6.07) is 4.22. The molecular weight excluding hydrogens is 297 g/mol. The second kappa shape index (κ2) is 6.26. The molecular formula is C14H14FNO4S. The van der Waals surface area contributed by atoms with Gasteiger partial charge in [0.15, 0.2) is 10.9 Å². The summed E-state index contributed by atoms with van der Waals surface area (Å²) in [5.74, 6) is -1.85. The number of carbonyl (C=O) groups excluding carboxylic acids is 3. The lowest BCUT2D eigenvalue weighted by Gasteiger charge is -2.18. The molecule has 1 aromatic carbocycles. The number of hydrogen-bond donors (Lipinski definition) is 0. The number of thioether (sulfide) groups is 1. The summed E-state index contributed by atoms with van der Waals surface area (Å²) >= 11 is 1.07. The predicted octanol–water partition coefficient (Wildman–Crippen LogP) is 2.00. The van der Waals surface area contributed by atoms with Crippen LogP contribution in [-0.2, 0) is 14.3 Å². The van der Waals surface area contributed by atoms with E-state index in [0.717, 1.165) is 18.9 Å². The van der Waals surface area contributed by atoms with Crippen molar-refractivity contribution in [1.29, 1.82) is 0 Å². The van der Waals surface area contributed by atoms with Crippen molar-refractivity contribution in [2.75, 3.05) is 18.6 Å². The van der Waals surface area contributed by atoms with Crippen LogP contribution >= 0.6 is 11.8 Å². The van der Waals surface area contributed by atoms with E-state index in [4.69, 9.17) is 0 Å². The highest BCUT2D eigenvalue weighted by molar-refractivity contribution is 8.14. The first-order valence-corrected chi connectivity index (χ1v) is 7.16. The molecule has 112 valence electrons. The number of anilines is 1. The average Bonchev–Trinajstić information content (AvgIpc) is 2.78. The molecule has 0 N–H and O–H groups in total. The van der Waals surface area contributed by atoms with Crippen molar-refractivity contribution < 1.29 is 23.5 Å². The standard InChI is InChI=1S/C14H14FNO4S/c1-8(17)21-9-6-12(18)16(7-9)11-5-3-4-10(13(11)15)14(19)20-2/h3-5,9H,6-7H2,1-2H3. The minimum atomic E-state index is -0.796. The summed E-state index contributed by atoms with van der Waals surface area (Å²) in [4.78, 5) is 35.8. The van der Waals surface area contributed by atoms with Gasteiger partial charge in [-0.25, -0.2) is 9.18 Å². The molecule has 1 atom stereocenters. The van der Waals surface area contributed by atoms with Crippen molar-refractivity contribution in [2.45, 2.75) is 18.6 Å². The number of nitrogens with zero attached hydrogens (tertiary/aromatic N) is 1. The fourth-order valence-electron chi connectivity index (χ4n) is 2.22. The molecule has 5 nitrogen and oxygen atoms in total. The lowest BCUT2D eigenvalue weighted by molar-refractivity contribution is -0.117. The highest BCUT2D eigenvalue weighted by Crippen LogP contribution is 2.31. The van der Waals surface area contributed by atoms with Crippen LogP contribution in [0.5, 0.6) is 0 Å². The minimum absolute atomic E-state index is 0.0366. The molecule has 0 bridgehead atoms. The Hall–Kier alpha value is -1.89. The van der Waals surface area contributed by atoms with Crippen LogP contribution in [0.4, 0.5) is 10.1 Å². The molecule has 7 heteroatoms. The second-order valence-corrected chi connectivity index (χ2v) is 6.05. The van der Waals surface area contributed by atoms with E-state index in [0.29, 0.717) is 0 Å². The van der Waals surface area contributed by atoms with Gasteiger partial charge in [0.25, 0.3) is 0 Å². The van der Waals surface area contributed by atoms with Crippen LogP contribution in [-0.4, -0.2) is 35.9 Å². The van der Waals surface area contributed by atoms with Gasteiger partial charge in [0.2, 0.25) is 5.91 Å². The van der Waals surface area contributed by atoms with E-state index < -0.39 is 11.8 Å². The summed E-state index contributed by atoms with van der Waals surface area (Å²) < 4.78 is 18.9. The molecule has 1 saturated heterocycles. The monoisotopic (exact) mass is 311 g/mol. The van der Waals surface area contributed by atoms with E-state index in [2.05, 4.69) is 4.74 Å². The topological polar surface area (TPSA) is 63.7 Å². The number of benzene rings is 1. The second-order valence-electron chi connectivity index (χ2n) is 4.57. The van der Waals surface area contributed by atoms with Gasteiger partial charge in [-0.3, -0.25) is 9.59 Å². The highest BCUT2D eigenvalue weighted by Gasteiger charge is 2.34. The largest absolute Gasteiger partial charge is 0.465 e. The van der Waals surface area contributed by atoms with E-state index in [9.17, 15) is 18.8 Å². The first-order chi connectivity index (χ1) is 9.93. The van der Waals surface area contributed by atoms with Crippen LogP contribution in [0.1, 0.15) is 23.7 Å². The first kappa shape index (κ1) is 15.5. The maximum atomic E-state index is 14.4. The molecule has 21 heavy (non-hydrogen) atoms. The predicted molar refractivity (Wildman–Crippen MR) is 76.8 cm³/mol. The Labute approximate surface area is 125 Å². The maximum absolute atomic E-state index is 14.4. The fraction of sp³-hybridized carbons (Fsp3) is 0.357. The SMILES string of the molecule is COC(=O)c1cccc(N2CC(SC(C)=O)CC2=O)c1F. The molecule has 0 radical (unpaired) electrons. The van der Waals surface area contributed by atoms with Crippen LogP contribution in [0.15, 0.2) is 18.2 Å². The molecule has 1 unspecified atom stereocenters. The lowest BCUT2D eigenvalue weighted by Crippen LogP contribution is -2.26. The Morgan fingerprint density at radius 3 is 2.76 bits per heavy atom. The summed E-state index contributed by atoms with van der Waals surface area (Å²) in [7, 11) is 1.16. The van der Waals surface area contributed by atoms with E-state index >= 15 is 0 Å². The van der Waals surface area contributed by atoms with Gasteiger partial charge in [-0.2, -0.15) is 0 Å². The molecule has 0 aromatic heterocycles. The molecule has 0 spiro atoms. The molecule has 2 rings (SSSR count). The summed E-state index contributed by atoms with van der Waals surface area (Å²) in [5.41, 5.74) is -0.181. The fourth-order valence-corrected chi connectivity index (χ4v) is 3.14. The van der Waals surface area contributed by atoms with Crippen molar-refractivity contribution in [1.82, 2.24) is 0 Å². The number of halogens is 1. The van der Waals surface area contributed by atoms with Gasteiger partial charge < -0.3 is 9.64 Å². The van der Waals surface area contributed by atoms with Crippen molar-refractivity contribution in [3.63, 3.8) is 0 Å². The van der Waals surface area contributed by atoms with Crippen molar-refractivity contribution in [3.8, 4) is 0 Å². The number of methoxy groups -OCH3 is 1. The Kier molecular flexibility index (Phi) is 4.62. The zero-order chi connectivity index (χ0) is 15.6.